The maximum Gasteiger partial charge on any atom is 0.179 e. The number of aromatic nitrogens is 5. The summed E-state index contributed by atoms with van der Waals surface area (Å²) in [4.78, 5) is 4.64. The largest absolute Gasteiger partial charge is 0.361 e. The van der Waals surface area contributed by atoms with Gasteiger partial charge in [-0.15, -0.1) is 10.2 Å². The van der Waals surface area contributed by atoms with Gasteiger partial charge in [0.2, 0.25) is 0 Å². The molecular formula is C20H30N5OSi. The van der Waals surface area contributed by atoms with Gasteiger partial charge in [-0.1, -0.05) is 33.0 Å². The van der Waals surface area contributed by atoms with Crippen molar-refractivity contribution in [3.05, 3.63) is 30.7 Å². The first kappa shape index (κ1) is 18.6. The summed E-state index contributed by atoms with van der Waals surface area (Å²) in [6.45, 7) is 10.7. The molecule has 0 aliphatic heterocycles. The molecule has 145 valence electrons. The molecule has 0 N–H and O–H groups in total. The van der Waals surface area contributed by atoms with Crippen LogP contribution in [0.1, 0.15) is 37.9 Å². The van der Waals surface area contributed by atoms with Crippen molar-refractivity contribution in [2.45, 2.75) is 64.5 Å². The minimum absolute atomic E-state index is 0.451. The van der Waals surface area contributed by atoms with E-state index in [0.29, 0.717) is 18.6 Å². The Morgan fingerprint density at radius 3 is 2.85 bits per heavy atom. The fraction of sp³-hybridized carbons (Fsp3) is 0.600. The molecule has 3 aromatic rings. The number of hydrogen-bond acceptors (Lipinski definition) is 4. The molecule has 3 aromatic heterocycles. The second-order valence-corrected chi connectivity index (χ2v) is 14.5. The molecular weight excluding hydrogens is 354 g/mol. The molecule has 6 nitrogen and oxygen atoms in total. The lowest BCUT2D eigenvalue weighted by Gasteiger charge is -2.16. The zero-order valence-corrected chi connectivity index (χ0v) is 17.9. The quantitative estimate of drug-likeness (QED) is 0.444. The molecule has 7 heteroatoms. The van der Waals surface area contributed by atoms with Gasteiger partial charge in [-0.25, -0.2) is 4.98 Å². The lowest BCUT2D eigenvalue weighted by atomic mass is 9.93. The Bertz CT molecular complexity index is 926. The highest BCUT2D eigenvalue weighted by Gasteiger charge is 2.31. The number of rotatable bonds is 7. The molecule has 1 radical (unpaired) electrons. The zero-order valence-electron chi connectivity index (χ0n) is 16.9. The fourth-order valence-corrected chi connectivity index (χ4v) is 4.78. The van der Waals surface area contributed by atoms with E-state index in [2.05, 4.69) is 69.4 Å². The first-order valence-corrected chi connectivity index (χ1v) is 13.8. The van der Waals surface area contributed by atoms with Crippen LogP contribution in [0.25, 0.3) is 16.8 Å². The van der Waals surface area contributed by atoms with Crippen molar-refractivity contribution in [1.82, 2.24) is 24.1 Å². The van der Waals surface area contributed by atoms with Crippen LogP contribution in [0.5, 0.6) is 0 Å². The van der Waals surface area contributed by atoms with E-state index in [1.165, 1.54) is 18.9 Å². The number of hydrogen-bond donors (Lipinski definition) is 0. The Hall–Kier alpha value is -1.73. The van der Waals surface area contributed by atoms with Gasteiger partial charge < -0.3 is 9.30 Å². The van der Waals surface area contributed by atoms with Gasteiger partial charge in [0.05, 0.1) is 11.7 Å². The highest BCUT2D eigenvalue weighted by Crippen LogP contribution is 2.40. The molecule has 4 rings (SSSR count). The van der Waals surface area contributed by atoms with Crippen molar-refractivity contribution >= 4 is 24.9 Å². The van der Waals surface area contributed by atoms with Gasteiger partial charge in [-0.05, 0) is 37.3 Å². The highest BCUT2D eigenvalue weighted by atomic mass is 28.3. The van der Waals surface area contributed by atoms with Crippen molar-refractivity contribution in [3.8, 4) is 0 Å². The predicted octanol–water partition coefficient (Wildman–Crippen LogP) is 4.50. The van der Waals surface area contributed by atoms with Gasteiger partial charge in [0.25, 0.3) is 0 Å². The summed E-state index contributed by atoms with van der Waals surface area (Å²) in [5.41, 5.74) is 2.84. The normalized spacial score (nSPS) is 20.9. The molecule has 2 unspecified atom stereocenters. The van der Waals surface area contributed by atoms with E-state index in [9.17, 15) is 0 Å². The number of fused-ring (bicyclic) bond motifs is 3. The molecule has 0 bridgehead atoms. The maximum absolute atomic E-state index is 5.93. The molecule has 1 aliphatic rings. The monoisotopic (exact) mass is 384 g/mol. The topological polar surface area (TPSA) is 57.2 Å². The highest BCUT2D eigenvalue weighted by molar-refractivity contribution is 6.76. The van der Waals surface area contributed by atoms with Crippen LogP contribution in [0.2, 0.25) is 25.7 Å². The Morgan fingerprint density at radius 1 is 1.22 bits per heavy atom. The van der Waals surface area contributed by atoms with E-state index in [4.69, 9.17) is 4.74 Å². The summed E-state index contributed by atoms with van der Waals surface area (Å²) in [6, 6.07) is 3.29. The average Bonchev–Trinajstić information content (AvgIpc) is 3.34. The molecule has 0 saturated heterocycles. The van der Waals surface area contributed by atoms with E-state index in [-0.39, 0.29) is 0 Å². The molecule has 1 saturated carbocycles. The summed E-state index contributed by atoms with van der Waals surface area (Å²) >= 11 is 0. The van der Waals surface area contributed by atoms with E-state index < -0.39 is 8.07 Å². The van der Waals surface area contributed by atoms with Gasteiger partial charge in [-0.3, -0.25) is 4.40 Å². The summed E-state index contributed by atoms with van der Waals surface area (Å²) < 4.78 is 10.2. The van der Waals surface area contributed by atoms with Crippen LogP contribution in [0.4, 0.5) is 0 Å². The molecule has 1 aliphatic carbocycles. The number of nitrogens with zero attached hydrogens (tertiary/aromatic N) is 5. The summed E-state index contributed by atoms with van der Waals surface area (Å²) in [6.07, 6.45) is 9.73. The van der Waals surface area contributed by atoms with E-state index >= 15 is 0 Å². The molecule has 0 aromatic carbocycles. The minimum Gasteiger partial charge on any atom is -0.361 e. The van der Waals surface area contributed by atoms with Gasteiger partial charge in [0.15, 0.2) is 11.3 Å². The van der Waals surface area contributed by atoms with E-state index in [0.717, 1.165) is 35.7 Å². The van der Waals surface area contributed by atoms with Crippen molar-refractivity contribution in [1.29, 1.82) is 0 Å². The molecule has 1 fully saturated rings. The molecule has 0 amide bonds. The zero-order chi connectivity index (χ0) is 19.0. The van der Waals surface area contributed by atoms with Crippen LogP contribution in [-0.2, 0) is 11.5 Å². The molecule has 0 spiro atoms. The van der Waals surface area contributed by atoms with E-state index in [1.54, 1.807) is 0 Å². The maximum atomic E-state index is 5.93. The Morgan fingerprint density at radius 2 is 2.07 bits per heavy atom. The average molecular weight is 385 g/mol. The molecule has 27 heavy (non-hydrogen) atoms. The smallest absolute Gasteiger partial charge is 0.179 e. The first-order valence-electron chi connectivity index (χ1n) is 10.1. The van der Waals surface area contributed by atoms with Crippen LogP contribution >= 0.6 is 0 Å². The third-order valence-electron chi connectivity index (χ3n) is 5.71. The van der Waals surface area contributed by atoms with Gasteiger partial charge >= 0.3 is 0 Å². The van der Waals surface area contributed by atoms with Gasteiger partial charge in [-0.2, -0.15) is 0 Å². The fourth-order valence-electron chi connectivity index (χ4n) is 4.03. The minimum atomic E-state index is -1.07. The number of ether oxygens (including phenoxy) is 1. The van der Waals surface area contributed by atoms with Gasteiger partial charge in [0.1, 0.15) is 12.6 Å². The Labute approximate surface area is 162 Å². The second kappa shape index (κ2) is 7.35. The molecule has 3 heterocycles. The van der Waals surface area contributed by atoms with Crippen molar-refractivity contribution in [2.75, 3.05) is 6.61 Å². The van der Waals surface area contributed by atoms with Crippen LogP contribution < -0.4 is 0 Å². The Balaban J connectivity index is 1.62. The van der Waals surface area contributed by atoms with E-state index in [1.807, 2.05) is 6.20 Å². The van der Waals surface area contributed by atoms with Crippen LogP contribution in [0, 0.1) is 12.3 Å². The standard InChI is InChI=1S/C20H30N5OSi/c1-5-15-7-6-8-16(15)19-23-22-18-13-21-20-17(25(18)19)9-10-24(20)14-26-11-12-27(2,3)4/h6,9-10,13,15-16H,5,7-8,11-12,14H2,1-4H3. The predicted molar refractivity (Wildman–Crippen MR) is 110 cm³/mol. The van der Waals surface area contributed by atoms with Gasteiger partial charge in [0, 0.05) is 26.8 Å². The summed E-state index contributed by atoms with van der Waals surface area (Å²) in [5, 5.41) is 8.95. The third-order valence-corrected chi connectivity index (χ3v) is 7.42. The van der Waals surface area contributed by atoms with Crippen molar-refractivity contribution < 1.29 is 4.74 Å². The summed E-state index contributed by atoms with van der Waals surface area (Å²) in [5.74, 6) is 2.19. The first-order chi connectivity index (χ1) is 13.0. The SMILES string of the molecule is CCC1C[CH]CC1c1nnc2cnc3c(ccn3COCC[Si](C)(C)C)n12. The lowest BCUT2D eigenvalue weighted by Crippen LogP contribution is -2.22. The van der Waals surface area contributed by atoms with Crippen molar-refractivity contribution in [3.63, 3.8) is 0 Å². The summed E-state index contributed by atoms with van der Waals surface area (Å²) in [7, 11) is -1.07. The molecule has 2 atom stereocenters. The third kappa shape index (κ3) is 3.67. The van der Waals surface area contributed by atoms with Crippen LogP contribution in [0.15, 0.2) is 18.5 Å². The van der Waals surface area contributed by atoms with Crippen molar-refractivity contribution in [2.24, 2.45) is 5.92 Å². The van der Waals surface area contributed by atoms with Crippen LogP contribution in [0.3, 0.4) is 0 Å². The Kier molecular flexibility index (Phi) is 5.07. The second-order valence-electron chi connectivity index (χ2n) is 8.89. The van der Waals surface area contributed by atoms with Crippen LogP contribution in [-0.4, -0.2) is 38.8 Å². The lowest BCUT2D eigenvalue weighted by molar-refractivity contribution is 0.0899.